The summed E-state index contributed by atoms with van der Waals surface area (Å²) in [5, 5.41) is 3.13. The van der Waals surface area contributed by atoms with Crippen molar-refractivity contribution in [2.45, 2.75) is 4.90 Å². The van der Waals surface area contributed by atoms with Gasteiger partial charge in [0.25, 0.3) is 0 Å². The zero-order valence-corrected chi connectivity index (χ0v) is 14.5. The summed E-state index contributed by atoms with van der Waals surface area (Å²) in [6.07, 6.45) is 1.14. The van der Waals surface area contributed by atoms with Crippen molar-refractivity contribution in [2.24, 2.45) is 0 Å². The summed E-state index contributed by atoms with van der Waals surface area (Å²) in [5.74, 6) is 0. The van der Waals surface area contributed by atoms with Crippen LogP contribution in [0.25, 0.3) is 0 Å². The number of nitrogen functional groups attached to an aromatic ring is 1. The van der Waals surface area contributed by atoms with E-state index in [-0.39, 0.29) is 10.6 Å². The van der Waals surface area contributed by atoms with E-state index in [9.17, 15) is 8.42 Å². The Morgan fingerprint density at radius 1 is 1.10 bits per heavy atom. The van der Waals surface area contributed by atoms with Gasteiger partial charge in [-0.05, 0) is 46.3 Å². The Bertz CT molecular complexity index is 761. The lowest BCUT2D eigenvalue weighted by Gasteiger charge is -2.13. The van der Waals surface area contributed by atoms with Gasteiger partial charge >= 0.3 is 0 Å². The van der Waals surface area contributed by atoms with Gasteiger partial charge in [-0.1, -0.05) is 22.0 Å². The number of anilines is 3. The van der Waals surface area contributed by atoms with E-state index in [2.05, 4.69) is 37.2 Å². The zero-order chi connectivity index (χ0) is 14.9. The molecule has 7 heteroatoms. The van der Waals surface area contributed by atoms with E-state index < -0.39 is 9.84 Å². The molecule has 0 atom stereocenters. The number of halogens is 2. The smallest absolute Gasteiger partial charge is 0.177 e. The number of nitrogens with one attached hydrogen (secondary N) is 1. The third kappa shape index (κ3) is 3.34. The lowest BCUT2D eigenvalue weighted by molar-refractivity contribution is 0.602. The van der Waals surface area contributed by atoms with Crippen LogP contribution in [0.5, 0.6) is 0 Å². The average Bonchev–Trinajstić information content (AvgIpc) is 2.35. The maximum absolute atomic E-state index is 11.7. The van der Waals surface area contributed by atoms with Crippen LogP contribution in [0.4, 0.5) is 17.1 Å². The normalized spacial score (nSPS) is 11.3. The van der Waals surface area contributed by atoms with E-state index in [1.165, 1.54) is 6.07 Å². The Morgan fingerprint density at radius 2 is 1.80 bits per heavy atom. The molecular weight excluding hydrogens is 408 g/mol. The molecule has 0 saturated carbocycles. The first-order chi connectivity index (χ1) is 9.29. The number of hydrogen-bond donors (Lipinski definition) is 2. The van der Waals surface area contributed by atoms with Crippen molar-refractivity contribution < 1.29 is 8.42 Å². The van der Waals surface area contributed by atoms with Gasteiger partial charge in [0.1, 0.15) is 0 Å². The summed E-state index contributed by atoms with van der Waals surface area (Å²) in [7, 11) is -3.35. The van der Waals surface area contributed by atoms with E-state index in [0.29, 0.717) is 5.69 Å². The molecule has 2 aromatic rings. The van der Waals surface area contributed by atoms with E-state index in [1.807, 2.05) is 18.2 Å². The second-order valence-electron chi connectivity index (χ2n) is 4.24. The van der Waals surface area contributed by atoms with E-state index in [4.69, 9.17) is 5.73 Å². The standard InChI is InChI=1S/C13H12Br2N2O2S/c1-20(18,19)12-4-2-3-10(13(12)16)17-11-7-8(14)5-6-9(11)15/h2-7,17H,16H2,1H3. The number of para-hydroxylation sites is 1. The third-order valence-corrected chi connectivity index (χ3v) is 5.00. The molecule has 2 aromatic carbocycles. The van der Waals surface area contributed by atoms with E-state index in [1.54, 1.807) is 12.1 Å². The molecule has 0 aliphatic heterocycles. The van der Waals surface area contributed by atoms with Crippen LogP contribution >= 0.6 is 31.9 Å². The first-order valence-corrected chi connectivity index (χ1v) is 9.07. The molecule has 0 fully saturated rings. The van der Waals surface area contributed by atoms with Gasteiger partial charge in [0.2, 0.25) is 0 Å². The number of hydrogen-bond acceptors (Lipinski definition) is 4. The third-order valence-electron chi connectivity index (χ3n) is 2.66. The molecule has 0 aliphatic carbocycles. The number of nitrogens with two attached hydrogens (primary N) is 1. The van der Waals surface area contributed by atoms with Crippen molar-refractivity contribution in [3.8, 4) is 0 Å². The Labute approximate surface area is 134 Å². The van der Waals surface area contributed by atoms with Crippen molar-refractivity contribution in [2.75, 3.05) is 17.3 Å². The van der Waals surface area contributed by atoms with E-state index in [0.717, 1.165) is 20.9 Å². The Kier molecular flexibility index (Phi) is 4.41. The molecule has 0 amide bonds. The molecule has 0 aromatic heterocycles. The minimum atomic E-state index is -3.35. The summed E-state index contributed by atoms with van der Waals surface area (Å²) in [6.45, 7) is 0. The molecule has 106 valence electrons. The molecular formula is C13H12Br2N2O2S. The van der Waals surface area contributed by atoms with Crippen LogP contribution in [0.15, 0.2) is 50.2 Å². The zero-order valence-electron chi connectivity index (χ0n) is 10.5. The summed E-state index contributed by atoms with van der Waals surface area (Å²) >= 11 is 6.81. The lowest BCUT2D eigenvalue weighted by Crippen LogP contribution is -2.05. The Morgan fingerprint density at radius 3 is 2.45 bits per heavy atom. The van der Waals surface area contributed by atoms with Crippen LogP contribution in [0.3, 0.4) is 0 Å². The first kappa shape index (κ1) is 15.3. The summed E-state index contributed by atoms with van der Waals surface area (Å²) in [5.41, 5.74) is 7.48. The summed E-state index contributed by atoms with van der Waals surface area (Å²) < 4.78 is 25.1. The van der Waals surface area contributed by atoms with Crippen molar-refractivity contribution in [1.82, 2.24) is 0 Å². The van der Waals surface area contributed by atoms with Gasteiger partial charge in [-0.3, -0.25) is 0 Å². The number of rotatable bonds is 3. The van der Waals surface area contributed by atoms with Crippen LogP contribution in [0.2, 0.25) is 0 Å². The molecule has 0 aliphatic rings. The predicted molar refractivity (Wildman–Crippen MR) is 89.1 cm³/mol. The monoisotopic (exact) mass is 418 g/mol. The van der Waals surface area contributed by atoms with Gasteiger partial charge in [0.05, 0.1) is 22.0 Å². The van der Waals surface area contributed by atoms with Crippen LogP contribution < -0.4 is 11.1 Å². The second-order valence-corrected chi connectivity index (χ2v) is 7.99. The molecule has 0 unspecified atom stereocenters. The minimum absolute atomic E-state index is 0.119. The minimum Gasteiger partial charge on any atom is -0.396 e. The molecule has 0 spiro atoms. The van der Waals surface area contributed by atoms with Crippen LogP contribution in [0.1, 0.15) is 0 Å². The largest absolute Gasteiger partial charge is 0.396 e. The molecule has 0 saturated heterocycles. The maximum atomic E-state index is 11.7. The lowest BCUT2D eigenvalue weighted by atomic mass is 10.2. The van der Waals surface area contributed by atoms with Crippen LogP contribution in [0, 0.1) is 0 Å². The van der Waals surface area contributed by atoms with Crippen molar-refractivity contribution in [3.63, 3.8) is 0 Å². The van der Waals surface area contributed by atoms with Crippen LogP contribution in [-0.4, -0.2) is 14.7 Å². The highest BCUT2D eigenvalue weighted by molar-refractivity contribution is 9.11. The quantitative estimate of drug-likeness (QED) is 0.739. The van der Waals surface area contributed by atoms with Crippen molar-refractivity contribution in [3.05, 3.63) is 45.3 Å². The number of benzene rings is 2. The highest BCUT2D eigenvalue weighted by Crippen LogP contribution is 2.33. The van der Waals surface area contributed by atoms with Gasteiger partial charge < -0.3 is 11.1 Å². The molecule has 0 radical (unpaired) electrons. The van der Waals surface area contributed by atoms with Gasteiger partial charge in [-0.25, -0.2) is 8.42 Å². The van der Waals surface area contributed by atoms with Gasteiger partial charge in [-0.2, -0.15) is 0 Å². The first-order valence-electron chi connectivity index (χ1n) is 5.59. The average molecular weight is 420 g/mol. The fourth-order valence-electron chi connectivity index (χ4n) is 1.71. The molecule has 20 heavy (non-hydrogen) atoms. The molecule has 0 heterocycles. The molecule has 0 bridgehead atoms. The molecule has 2 rings (SSSR count). The topological polar surface area (TPSA) is 72.2 Å². The maximum Gasteiger partial charge on any atom is 0.177 e. The summed E-state index contributed by atoms with van der Waals surface area (Å²) in [4.78, 5) is 0.119. The van der Waals surface area contributed by atoms with Crippen molar-refractivity contribution >= 4 is 58.8 Å². The van der Waals surface area contributed by atoms with Crippen molar-refractivity contribution in [1.29, 1.82) is 0 Å². The SMILES string of the molecule is CS(=O)(=O)c1cccc(Nc2cc(Br)ccc2Br)c1N. The number of sulfone groups is 1. The van der Waals surface area contributed by atoms with Gasteiger partial charge in [0.15, 0.2) is 9.84 Å². The van der Waals surface area contributed by atoms with E-state index >= 15 is 0 Å². The summed E-state index contributed by atoms with van der Waals surface area (Å²) in [6, 6.07) is 10.5. The highest BCUT2D eigenvalue weighted by atomic mass is 79.9. The molecule has 4 nitrogen and oxygen atoms in total. The fourth-order valence-corrected chi connectivity index (χ4v) is 3.26. The highest BCUT2D eigenvalue weighted by Gasteiger charge is 2.14. The molecule has 3 N–H and O–H groups in total. The Balaban J connectivity index is 2.47. The van der Waals surface area contributed by atoms with Gasteiger partial charge in [-0.15, -0.1) is 0 Å². The fraction of sp³-hybridized carbons (Fsp3) is 0.0769. The van der Waals surface area contributed by atoms with Gasteiger partial charge in [0, 0.05) is 15.2 Å². The predicted octanol–water partition coefficient (Wildman–Crippen LogP) is 3.94. The second kappa shape index (κ2) is 5.75. The Hall–Kier alpha value is -1.05. The van der Waals surface area contributed by atoms with Crippen LogP contribution in [-0.2, 0) is 9.84 Å².